The van der Waals surface area contributed by atoms with Gasteiger partial charge in [-0.15, -0.1) is 0 Å². The lowest BCUT2D eigenvalue weighted by molar-refractivity contribution is -0.262. The average Bonchev–Trinajstić information content (AvgIpc) is 2.45. The first kappa shape index (κ1) is 14.9. The van der Waals surface area contributed by atoms with Crippen LogP contribution in [-0.4, -0.2) is 53.2 Å². The van der Waals surface area contributed by atoms with Gasteiger partial charge < -0.3 is 10.2 Å². The van der Waals surface area contributed by atoms with Gasteiger partial charge in [0.05, 0.1) is 13.7 Å². The van der Waals surface area contributed by atoms with Crippen LogP contribution in [0, 0.1) is 0 Å². The van der Waals surface area contributed by atoms with Gasteiger partial charge in [-0.25, -0.2) is 9.45 Å². The van der Waals surface area contributed by atoms with Gasteiger partial charge in [-0.1, -0.05) is 30.3 Å². The van der Waals surface area contributed by atoms with Crippen LogP contribution in [0.1, 0.15) is 12.5 Å². The summed E-state index contributed by atoms with van der Waals surface area (Å²) in [5, 5.41) is 20.0. The summed E-state index contributed by atoms with van der Waals surface area (Å²) in [6, 6.07) is 7.47. The van der Waals surface area contributed by atoms with Crippen LogP contribution in [0.25, 0.3) is 0 Å². The predicted molar refractivity (Wildman–Crippen MR) is 69.4 cm³/mol. The molecule has 5 nitrogen and oxygen atoms in total. The molecule has 1 saturated heterocycles. The standard InChI is InChI=1S/C14H18FNO4/c1-9(15)14(10-6-4-3-5-7-10)12(11(18)8-17)16(20-2)13(14)19/h3-7,9,11-12,17-18H,8H2,1-2H3/t9-,11-,12-,14+/m1/s1. The highest BCUT2D eigenvalue weighted by Gasteiger charge is 2.68. The summed E-state index contributed by atoms with van der Waals surface area (Å²) in [5.41, 5.74) is -1.06. The van der Waals surface area contributed by atoms with Gasteiger partial charge in [0.2, 0.25) is 0 Å². The third-order valence-electron chi connectivity index (χ3n) is 3.90. The molecule has 1 aromatic rings. The van der Waals surface area contributed by atoms with E-state index in [9.17, 15) is 14.3 Å². The van der Waals surface area contributed by atoms with Crippen LogP contribution in [0.2, 0.25) is 0 Å². The normalized spacial score (nSPS) is 28.9. The number of alkyl halides is 1. The van der Waals surface area contributed by atoms with Gasteiger partial charge in [-0.05, 0) is 12.5 Å². The van der Waals surface area contributed by atoms with Crippen LogP contribution in [0.3, 0.4) is 0 Å². The Kier molecular flexibility index (Phi) is 4.08. The summed E-state index contributed by atoms with van der Waals surface area (Å²) < 4.78 is 14.3. The van der Waals surface area contributed by atoms with Crippen molar-refractivity contribution in [3.8, 4) is 0 Å². The topological polar surface area (TPSA) is 70.0 Å². The van der Waals surface area contributed by atoms with E-state index >= 15 is 0 Å². The van der Waals surface area contributed by atoms with E-state index < -0.39 is 36.2 Å². The minimum absolute atomic E-state index is 0.464. The second kappa shape index (κ2) is 5.47. The molecule has 0 aromatic heterocycles. The minimum Gasteiger partial charge on any atom is -0.394 e. The zero-order chi connectivity index (χ0) is 14.9. The highest BCUT2D eigenvalue weighted by Crippen LogP contribution is 2.47. The summed E-state index contributed by atoms with van der Waals surface area (Å²) in [6.45, 7) is 0.689. The predicted octanol–water partition coefficient (Wildman–Crippen LogP) is 0.408. The van der Waals surface area contributed by atoms with Crippen LogP contribution in [0.4, 0.5) is 4.39 Å². The van der Waals surface area contributed by atoms with Crippen LogP contribution in [-0.2, 0) is 15.0 Å². The Bertz CT molecular complexity index is 481. The molecule has 2 rings (SSSR count). The number of nitrogens with zero attached hydrogens (tertiary/aromatic N) is 1. The second-order valence-corrected chi connectivity index (χ2v) is 4.86. The van der Waals surface area contributed by atoms with Gasteiger partial charge in [0.25, 0.3) is 5.91 Å². The number of aliphatic hydroxyl groups is 2. The molecule has 6 heteroatoms. The van der Waals surface area contributed by atoms with E-state index in [4.69, 9.17) is 9.94 Å². The van der Waals surface area contributed by atoms with Crippen molar-refractivity contribution < 1.29 is 24.2 Å². The van der Waals surface area contributed by atoms with E-state index in [0.717, 1.165) is 5.06 Å². The lowest BCUT2D eigenvalue weighted by atomic mass is 9.62. The molecule has 0 spiro atoms. The maximum Gasteiger partial charge on any atom is 0.262 e. The SMILES string of the molecule is CON1C(=O)[C@](c2ccccc2)([C@@H](C)F)[C@H]1[C@H](O)CO. The third-order valence-corrected chi connectivity index (χ3v) is 3.90. The maximum atomic E-state index is 14.3. The van der Waals surface area contributed by atoms with Crippen molar-refractivity contribution >= 4 is 5.91 Å². The Morgan fingerprint density at radius 2 is 2.05 bits per heavy atom. The lowest BCUT2D eigenvalue weighted by Gasteiger charge is -2.56. The summed E-state index contributed by atoms with van der Waals surface area (Å²) >= 11 is 0. The number of hydrogen-bond acceptors (Lipinski definition) is 4. The number of aliphatic hydroxyl groups excluding tert-OH is 2. The van der Waals surface area contributed by atoms with Crippen molar-refractivity contribution in [1.29, 1.82) is 0 Å². The number of benzene rings is 1. The first-order valence-corrected chi connectivity index (χ1v) is 6.38. The second-order valence-electron chi connectivity index (χ2n) is 4.86. The molecule has 0 unspecified atom stereocenters. The molecule has 0 saturated carbocycles. The summed E-state index contributed by atoms with van der Waals surface area (Å²) in [5.74, 6) is -0.557. The Labute approximate surface area is 116 Å². The molecule has 1 amide bonds. The number of rotatable bonds is 5. The molecule has 1 aliphatic heterocycles. The largest absolute Gasteiger partial charge is 0.394 e. The number of carbonyl (C=O) groups is 1. The quantitative estimate of drug-likeness (QED) is 0.768. The Morgan fingerprint density at radius 1 is 1.45 bits per heavy atom. The number of carbonyl (C=O) groups excluding carboxylic acids is 1. The molecule has 4 atom stereocenters. The van der Waals surface area contributed by atoms with Crippen LogP contribution in [0.15, 0.2) is 30.3 Å². The number of hydroxylamine groups is 2. The molecule has 1 fully saturated rings. The average molecular weight is 283 g/mol. The van der Waals surface area contributed by atoms with Crippen molar-refractivity contribution in [2.45, 2.75) is 30.7 Å². The number of hydrogen-bond donors (Lipinski definition) is 2. The van der Waals surface area contributed by atoms with Gasteiger partial charge >= 0.3 is 0 Å². The number of halogens is 1. The molecule has 1 aliphatic rings. The van der Waals surface area contributed by atoms with E-state index in [1.165, 1.54) is 14.0 Å². The van der Waals surface area contributed by atoms with Gasteiger partial charge in [0.1, 0.15) is 23.7 Å². The molecular weight excluding hydrogens is 265 g/mol. The molecule has 2 N–H and O–H groups in total. The minimum atomic E-state index is -1.53. The smallest absolute Gasteiger partial charge is 0.262 e. The molecule has 1 heterocycles. The van der Waals surface area contributed by atoms with Crippen LogP contribution < -0.4 is 0 Å². The van der Waals surface area contributed by atoms with Crippen molar-refractivity contribution in [1.82, 2.24) is 5.06 Å². The first-order chi connectivity index (χ1) is 9.51. The van der Waals surface area contributed by atoms with E-state index in [-0.39, 0.29) is 0 Å². The van der Waals surface area contributed by atoms with Crippen molar-refractivity contribution in [2.75, 3.05) is 13.7 Å². The first-order valence-electron chi connectivity index (χ1n) is 6.38. The molecule has 1 aromatic carbocycles. The van der Waals surface area contributed by atoms with E-state index in [1.54, 1.807) is 30.3 Å². The van der Waals surface area contributed by atoms with Crippen molar-refractivity contribution in [2.24, 2.45) is 0 Å². The summed E-state index contributed by atoms with van der Waals surface area (Å²) in [6.07, 6.45) is -2.82. The monoisotopic (exact) mass is 283 g/mol. The Morgan fingerprint density at radius 3 is 2.50 bits per heavy atom. The van der Waals surface area contributed by atoms with Gasteiger partial charge in [-0.2, -0.15) is 0 Å². The van der Waals surface area contributed by atoms with Crippen molar-refractivity contribution in [3.05, 3.63) is 35.9 Å². The van der Waals surface area contributed by atoms with Crippen LogP contribution >= 0.6 is 0 Å². The highest BCUT2D eigenvalue weighted by molar-refractivity contribution is 5.96. The van der Waals surface area contributed by atoms with Crippen LogP contribution in [0.5, 0.6) is 0 Å². The van der Waals surface area contributed by atoms with Gasteiger partial charge in [-0.3, -0.25) is 9.63 Å². The number of amides is 1. The maximum absolute atomic E-state index is 14.3. The lowest BCUT2D eigenvalue weighted by Crippen LogP contribution is -2.77. The van der Waals surface area contributed by atoms with Gasteiger partial charge in [0.15, 0.2) is 0 Å². The molecule has 0 aliphatic carbocycles. The molecule has 110 valence electrons. The summed E-state index contributed by atoms with van der Waals surface area (Å²) in [7, 11) is 1.27. The molecular formula is C14H18FNO4. The fourth-order valence-electron chi connectivity index (χ4n) is 2.95. The van der Waals surface area contributed by atoms with Crippen molar-refractivity contribution in [3.63, 3.8) is 0 Å². The summed E-state index contributed by atoms with van der Waals surface area (Å²) in [4.78, 5) is 17.3. The number of β-lactam (4-membered cyclic amide) rings is 1. The van der Waals surface area contributed by atoms with Gasteiger partial charge in [0, 0.05) is 0 Å². The Balaban J connectivity index is 2.54. The van der Waals surface area contributed by atoms with E-state index in [1.807, 2.05) is 0 Å². The van der Waals surface area contributed by atoms with E-state index in [2.05, 4.69) is 0 Å². The zero-order valence-electron chi connectivity index (χ0n) is 11.4. The molecule has 0 radical (unpaired) electrons. The Hall–Kier alpha value is -1.50. The fraction of sp³-hybridized carbons (Fsp3) is 0.500. The molecule has 0 bridgehead atoms. The third kappa shape index (κ3) is 1.83. The molecule has 20 heavy (non-hydrogen) atoms. The van der Waals surface area contributed by atoms with E-state index in [0.29, 0.717) is 5.56 Å². The highest BCUT2D eigenvalue weighted by atomic mass is 19.1. The zero-order valence-corrected chi connectivity index (χ0v) is 11.4. The fourth-order valence-corrected chi connectivity index (χ4v) is 2.95.